The van der Waals surface area contributed by atoms with Crippen LogP contribution in [0.3, 0.4) is 0 Å². The molecule has 0 aromatic carbocycles. The van der Waals surface area contributed by atoms with E-state index in [1.54, 1.807) is 0 Å². The molecule has 0 aliphatic heterocycles. The summed E-state index contributed by atoms with van der Waals surface area (Å²) in [6, 6.07) is 0. The van der Waals surface area contributed by atoms with Crippen molar-refractivity contribution in [3.63, 3.8) is 0 Å². The number of halogens is 1. The van der Waals surface area contributed by atoms with Crippen molar-refractivity contribution in [2.45, 2.75) is 6.92 Å². The van der Waals surface area contributed by atoms with Gasteiger partial charge in [0, 0.05) is 6.92 Å². The van der Waals surface area contributed by atoms with Crippen LogP contribution < -0.4 is 0 Å². The lowest BCUT2D eigenvalue weighted by atomic mass is 10.5. The van der Waals surface area contributed by atoms with Crippen LogP contribution in [-0.2, 0) is 23.9 Å². The van der Waals surface area contributed by atoms with Crippen molar-refractivity contribution < 1.29 is 29.0 Å². The molecule has 0 aliphatic carbocycles. The van der Waals surface area contributed by atoms with E-state index in [2.05, 4.69) is 16.3 Å². The number of carboxylic acid groups (broad SMARTS) is 1. The number of ketones is 1. The molecule has 7 heteroatoms. The zero-order chi connectivity index (χ0) is 11.0. The Labute approximate surface area is 78.4 Å². The summed E-state index contributed by atoms with van der Waals surface area (Å²) in [5.74, 6) is -3.42. The highest BCUT2D eigenvalue weighted by Gasteiger charge is 2.08. The van der Waals surface area contributed by atoms with Crippen LogP contribution in [0.15, 0.2) is 0 Å². The molecule has 0 rings (SSSR count). The fraction of sp³-hybridized carbons (Fsp3) is 0.333. The van der Waals surface area contributed by atoms with E-state index >= 15 is 0 Å². The lowest BCUT2D eigenvalue weighted by Gasteiger charge is -1.85. The van der Waals surface area contributed by atoms with E-state index in [-0.39, 0.29) is 0 Å². The summed E-state index contributed by atoms with van der Waals surface area (Å²) in [6.07, 6.45) is 0. The predicted octanol–water partition coefficient (Wildman–Crippen LogP) is -0.415. The van der Waals surface area contributed by atoms with Crippen molar-refractivity contribution in [3.05, 3.63) is 0 Å². The number of carboxylic acids is 1. The van der Waals surface area contributed by atoms with Gasteiger partial charge in [0.1, 0.15) is 0 Å². The highest BCUT2D eigenvalue weighted by Crippen LogP contribution is 1.77. The number of hydrogen-bond acceptors (Lipinski definition) is 5. The number of Topliss-reactive ketones (excluding diaryl/α,β-unsaturated/α-hetero) is 1. The molecular weight excluding hydrogens is 204 g/mol. The Bertz CT molecular complexity index is 221. The van der Waals surface area contributed by atoms with Crippen LogP contribution in [0.4, 0.5) is 0 Å². The molecule has 0 aromatic heterocycles. The Hall–Kier alpha value is -1.43. The van der Waals surface area contributed by atoms with Crippen molar-refractivity contribution in [2.75, 3.05) is 7.11 Å². The van der Waals surface area contributed by atoms with Gasteiger partial charge in [0.25, 0.3) is 5.24 Å². The van der Waals surface area contributed by atoms with E-state index in [1.165, 1.54) is 0 Å². The minimum atomic E-state index is -1.57. The number of ether oxygens (including phenoxy) is 1. The lowest BCUT2D eigenvalue weighted by Crippen LogP contribution is -2.13. The molecule has 0 fully saturated rings. The Balaban J connectivity index is 0. The third-order valence-corrected chi connectivity index (χ3v) is 0.903. The highest BCUT2D eigenvalue weighted by atomic mass is 35.5. The van der Waals surface area contributed by atoms with E-state index < -0.39 is 23.0 Å². The smallest absolute Gasteiger partial charge is 0.417 e. The van der Waals surface area contributed by atoms with Crippen LogP contribution in [0.1, 0.15) is 6.92 Å². The molecule has 74 valence electrons. The standard InChI is InChI=1S/C3H3ClO2.C3H4O4/c1-2(5)3(4)6;1-7-3(6)2(4)5/h1H3;1H3,(H,4,5). The first-order chi connectivity index (χ1) is 5.82. The van der Waals surface area contributed by atoms with Gasteiger partial charge < -0.3 is 9.84 Å². The van der Waals surface area contributed by atoms with E-state index in [0.717, 1.165) is 14.0 Å². The average molecular weight is 211 g/mol. The topological polar surface area (TPSA) is 97.7 Å². The van der Waals surface area contributed by atoms with Crippen LogP contribution in [0.25, 0.3) is 0 Å². The minimum absolute atomic E-state index is 0.614. The molecule has 6 nitrogen and oxygen atoms in total. The largest absolute Gasteiger partial charge is 0.473 e. The summed E-state index contributed by atoms with van der Waals surface area (Å²) in [5, 5.41) is 6.80. The number of hydrogen-bond donors (Lipinski definition) is 1. The van der Waals surface area contributed by atoms with Gasteiger partial charge in [0.2, 0.25) is 5.78 Å². The average Bonchev–Trinajstić information content (AvgIpc) is 2.03. The molecule has 0 atom stereocenters. The van der Waals surface area contributed by atoms with Crippen molar-refractivity contribution in [1.82, 2.24) is 0 Å². The van der Waals surface area contributed by atoms with Gasteiger partial charge in [0.05, 0.1) is 7.11 Å². The first kappa shape index (κ1) is 14.1. The molecule has 0 unspecified atom stereocenters. The number of rotatable bonds is 1. The summed E-state index contributed by atoms with van der Waals surface area (Å²) in [7, 11) is 1.01. The summed E-state index contributed by atoms with van der Waals surface area (Å²) < 4.78 is 3.77. The van der Waals surface area contributed by atoms with E-state index in [1.807, 2.05) is 0 Å². The second kappa shape index (κ2) is 7.23. The first-order valence-corrected chi connectivity index (χ1v) is 3.22. The molecule has 0 radical (unpaired) electrons. The Kier molecular flexibility index (Phi) is 7.85. The summed E-state index contributed by atoms with van der Waals surface area (Å²) in [4.78, 5) is 38.4. The molecule has 0 aliphatic rings. The van der Waals surface area contributed by atoms with Crippen LogP contribution in [0.2, 0.25) is 0 Å². The maximum atomic E-state index is 9.69. The van der Waals surface area contributed by atoms with E-state index in [9.17, 15) is 19.2 Å². The number of methoxy groups -OCH3 is 1. The number of carbonyl (C=O) groups excluding carboxylic acids is 3. The van der Waals surface area contributed by atoms with Gasteiger partial charge in [-0.05, 0) is 11.6 Å². The minimum Gasteiger partial charge on any atom is -0.473 e. The molecule has 0 aromatic rings. The first-order valence-electron chi connectivity index (χ1n) is 2.84. The van der Waals surface area contributed by atoms with Gasteiger partial charge in [-0.25, -0.2) is 9.59 Å². The number of aliphatic carboxylic acids is 1. The molecule has 0 spiro atoms. The molecular formula is C6H7ClO6. The molecule has 0 bridgehead atoms. The summed E-state index contributed by atoms with van der Waals surface area (Å²) in [6.45, 7) is 1.12. The Morgan fingerprint density at radius 3 is 1.54 bits per heavy atom. The van der Waals surface area contributed by atoms with Gasteiger partial charge in [0.15, 0.2) is 0 Å². The molecule has 0 heterocycles. The van der Waals surface area contributed by atoms with Gasteiger partial charge in [-0.1, -0.05) is 0 Å². The van der Waals surface area contributed by atoms with Crippen molar-refractivity contribution in [2.24, 2.45) is 0 Å². The van der Waals surface area contributed by atoms with Gasteiger partial charge >= 0.3 is 11.9 Å². The SMILES string of the molecule is CC(=O)C(=O)Cl.COC(=O)C(=O)O. The second-order valence-electron chi connectivity index (χ2n) is 1.63. The summed E-state index contributed by atoms with van der Waals surface area (Å²) >= 11 is 4.62. The van der Waals surface area contributed by atoms with E-state index in [4.69, 9.17) is 5.11 Å². The Morgan fingerprint density at radius 2 is 1.54 bits per heavy atom. The normalized spacial score (nSPS) is 7.62. The quantitative estimate of drug-likeness (QED) is 0.359. The molecule has 1 N–H and O–H groups in total. The second-order valence-corrected chi connectivity index (χ2v) is 1.97. The van der Waals surface area contributed by atoms with Gasteiger partial charge in [-0.2, -0.15) is 0 Å². The molecule has 0 amide bonds. The van der Waals surface area contributed by atoms with Crippen molar-refractivity contribution in [3.8, 4) is 0 Å². The van der Waals surface area contributed by atoms with Gasteiger partial charge in [-0.15, -0.1) is 0 Å². The predicted molar refractivity (Wildman–Crippen MR) is 41.2 cm³/mol. The Morgan fingerprint density at radius 1 is 1.23 bits per heavy atom. The van der Waals surface area contributed by atoms with Crippen molar-refractivity contribution >= 4 is 34.6 Å². The fourth-order valence-corrected chi connectivity index (χ4v) is 0.0873. The molecule has 13 heavy (non-hydrogen) atoms. The molecule has 0 saturated heterocycles. The third kappa shape index (κ3) is 10.6. The van der Waals surface area contributed by atoms with Crippen LogP contribution >= 0.6 is 11.6 Å². The van der Waals surface area contributed by atoms with Crippen LogP contribution in [0.5, 0.6) is 0 Å². The summed E-state index contributed by atoms with van der Waals surface area (Å²) in [5.41, 5.74) is 0. The van der Waals surface area contributed by atoms with Crippen molar-refractivity contribution in [1.29, 1.82) is 0 Å². The zero-order valence-corrected chi connectivity index (χ0v) is 7.62. The van der Waals surface area contributed by atoms with Crippen LogP contribution in [-0.4, -0.2) is 35.2 Å². The maximum Gasteiger partial charge on any atom is 0.417 e. The fourth-order valence-electron chi connectivity index (χ4n) is 0.0873. The number of esters is 1. The monoisotopic (exact) mass is 210 g/mol. The van der Waals surface area contributed by atoms with E-state index in [0.29, 0.717) is 0 Å². The van der Waals surface area contributed by atoms with Gasteiger partial charge in [-0.3, -0.25) is 9.59 Å². The lowest BCUT2D eigenvalue weighted by molar-refractivity contribution is -0.161. The molecule has 0 saturated carbocycles. The third-order valence-electron chi connectivity index (χ3n) is 0.637. The van der Waals surface area contributed by atoms with Crippen LogP contribution in [0, 0.1) is 0 Å². The zero-order valence-electron chi connectivity index (χ0n) is 6.87. The number of carbonyl (C=O) groups is 4. The maximum absolute atomic E-state index is 9.69. The highest BCUT2D eigenvalue weighted by molar-refractivity contribution is 6.80.